The Hall–Kier alpha value is -3.02. The summed E-state index contributed by atoms with van der Waals surface area (Å²) in [6, 6.07) is 7.86. The van der Waals surface area contributed by atoms with Crippen molar-refractivity contribution in [1.29, 1.82) is 5.26 Å². The van der Waals surface area contributed by atoms with Crippen LogP contribution in [0.15, 0.2) is 46.0 Å². The summed E-state index contributed by atoms with van der Waals surface area (Å²) in [5, 5.41) is 12.1. The van der Waals surface area contributed by atoms with E-state index in [4.69, 9.17) is 21.9 Å². The molecule has 0 spiro atoms. The van der Waals surface area contributed by atoms with Gasteiger partial charge < -0.3 is 9.73 Å². The Morgan fingerprint density at radius 2 is 2.19 bits per heavy atom. The number of rotatable bonds is 2. The molecular weight excluding hydrogens is 373 g/mol. The van der Waals surface area contributed by atoms with Gasteiger partial charge in [0, 0.05) is 29.4 Å². The van der Waals surface area contributed by atoms with Gasteiger partial charge in [0.2, 0.25) is 0 Å². The molecule has 126 valence electrons. The van der Waals surface area contributed by atoms with E-state index in [0.717, 1.165) is 11.8 Å². The maximum absolute atomic E-state index is 13.9. The summed E-state index contributed by atoms with van der Waals surface area (Å²) in [4.78, 5) is 16.4. The van der Waals surface area contributed by atoms with Crippen molar-refractivity contribution in [3.8, 4) is 17.2 Å². The Morgan fingerprint density at radius 3 is 2.88 bits per heavy atom. The summed E-state index contributed by atoms with van der Waals surface area (Å²) in [5.74, 6) is -0.415. The molecule has 1 aromatic carbocycles. The molecule has 0 bridgehead atoms. The van der Waals surface area contributed by atoms with Gasteiger partial charge in [0.1, 0.15) is 27.6 Å². The summed E-state index contributed by atoms with van der Waals surface area (Å²) in [7, 11) is 0. The number of nitriles is 1. The third kappa shape index (κ3) is 2.87. The molecule has 1 aliphatic heterocycles. The first kappa shape index (κ1) is 16.4. The minimum atomic E-state index is -0.608. The number of carbonyl (C=O) groups is 1. The van der Waals surface area contributed by atoms with Crippen LogP contribution in [0.4, 0.5) is 4.39 Å². The lowest BCUT2D eigenvalue weighted by Crippen LogP contribution is -2.17. The molecule has 1 N–H and O–H groups in total. The summed E-state index contributed by atoms with van der Waals surface area (Å²) in [5.41, 5.74) is 1.62. The smallest absolute Gasteiger partial charge is 0.263 e. The maximum atomic E-state index is 13.9. The zero-order valence-electron chi connectivity index (χ0n) is 12.9. The third-order valence-corrected chi connectivity index (χ3v) is 4.92. The van der Waals surface area contributed by atoms with E-state index in [0.29, 0.717) is 37.1 Å². The fraction of sp³-hybridized carbons (Fsp3) is 0. The lowest BCUT2D eigenvalue weighted by atomic mass is 10.0. The Labute approximate surface area is 156 Å². The fourth-order valence-corrected chi connectivity index (χ4v) is 3.61. The van der Waals surface area contributed by atoms with Crippen molar-refractivity contribution in [3.05, 3.63) is 58.7 Å². The van der Waals surface area contributed by atoms with Gasteiger partial charge in [-0.2, -0.15) is 5.26 Å². The highest BCUT2D eigenvalue weighted by molar-refractivity contribution is 8.26. The molecule has 1 aliphatic rings. The molecule has 1 saturated heterocycles. The van der Waals surface area contributed by atoms with Crippen molar-refractivity contribution in [2.24, 2.45) is 0 Å². The lowest BCUT2D eigenvalue weighted by Gasteiger charge is -2.03. The van der Waals surface area contributed by atoms with E-state index in [2.05, 4.69) is 10.3 Å². The molecular formula is C18H8FN3O2S2. The topological polar surface area (TPSA) is 78.9 Å². The Bertz CT molecular complexity index is 1160. The normalized spacial score (nSPS) is 15.5. The first-order chi connectivity index (χ1) is 12.5. The van der Waals surface area contributed by atoms with Gasteiger partial charge in [0.05, 0.1) is 10.5 Å². The molecule has 1 fully saturated rings. The molecule has 3 heterocycles. The first-order valence-electron chi connectivity index (χ1n) is 7.37. The van der Waals surface area contributed by atoms with Crippen molar-refractivity contribution in [2.45, 2.75) is 0 Å². The number of halogens is 1. The Balaban J connectivity index is 1.81. The summed E-state index contributed by atoms with van der Waals surface area (Å²) >= 11 is 6.12. The molecule has 0 radical (unpaired) electrons. The Kier molecular flexibility index (Phi) is 4.03. The lowest BCUT2D eigenvalue weighted by molar-refractivity contribution is -0.115. The number of carbonyl (C=O) groups excluding carboxylic acids is 1. The Morgan fingerprint density at radius 1 is 1.35 bits per heavy atom. The molecule has 1 amide bonds. The van der Waals surface area contributed by atoms with E-state index >= 15 is 0 Å². The van der Waals surface area contributed by atoms with Gasteiger partial charge in [-0.1, -0.05) is 30.0 Å². The summed E-state index contributed by atoms with van der Waals surface area (Å²) in [6.07, 6.45) is 4.79. The number of thiocarbonyl (C=S) groups is 1. The zero-order valence-corrected chi connectivity index (χ0v) is 14.6. The highest BCUT2D eigenvalue weighted by Gasteiger charge is 2.23. The average molecular weight is 381 g/mol. The van der Waals surface area contributed by atoms with Crippen LogP contribution in [0.3, 0.4) is 0 Å². The van der Waals surface area contributed by atoms with Crippen molar-refractivity contribution in [2.75, 3.05) is 0 Å². The maximum Gasteiger partial charge on any atom is 0.263 e. The predicted molar refractivity (Wildman–Crippen MR) is 100 cm³/mol. The molecule has 8 heteroatoms. The van der Waals surface area contributed by atoms with Crippen LogP contribution in [0.2, 0.25) is 0 Å². The molecule has 0 atom stereocenters. The number of hydrogen-bond donors (Lipinski definition) is 1. The number of benzene rings is 1. The van der Waals surface area contributed by atoms with E-state index in [1.54, 1.807) is 36.7 Å². The number of nitrogens with zero attached hydrogens (tertiary/aromatic N) is 2. The van der Waals surface area contributed by atoms with Gasteiger partial charge in [-0.25, -0.2) is 4.39 Å². The van der Waals surface area contributed by atoms with Gasteiger partial charge >= 0.3 is 0 Å². The van der Waals surface area contributed by atoms with E-state index in [-0.39, 0.29) is 11.5 Å². The second-order valence-corrected chi connectivity index (χ2v) is 7.13. The van der Waals surface area contributed by atoms with E-state index in [1.165, 1.54) is 12.1 Å². The van der Waals surface area contributed by atoms with Gasteiger partial charge in [-0.05, 0) is 23.8 Å². The second-order valence-electron chi connectivity index (χ2n) is 5.41. The quantitative estimate of drug-likeness (QED) is 0.534. The van der Waals surface area contributed by atoms with Crippen LogP contribution in [0.1, 0.15) is 11.3 Å². The summed E-state index contributed by atoms with van der Waals surface area (Å²) in [6.45, 7) is 0. The number of hydrogen-bond acceptors (Lipinski definition) is 6. The second kappa shape index (κ2) is 6.37. The van der Waals surface area contributed by atoms with Gasteiger partial charge in [0.15, 0.2) is 0 Å². The van der Waals surface area contributed by atoms with Crippen molar-refractivity contribution in [3.63, 3.8) is 0 Å². The van der Waals surface area contributed by atoms with Gasteiger partial charge in [-0.15, -0.1) is 0 Å². The zero-order chi connectivity index (χ0) is 18.3. The van der Waals surface area contributed by atoms with Crippen LogP contribution in [-0.2, 0) is 4.79 Å². The first-order valence-corrected chi connectivity index (χ1v) is 8.60. The van der Waals surface area contributed by atoms with Gasteiger partial charge in [0.25, 0.3) is 5.91 Å². The SMILES string of the molecule is N#Cc1ccc(-c2cncc3cc(C=C4SC(=S)NC4=O)oc23)cc1F. The molecule has 0 aliphatic carbocycles. The van der Waals surface area contributed by atoms with Crippen molar-refractivity contribution >= 4 is 51.3 Å². The molecule has 4 rings (SSSR count). The van der Waals surface area contributed by atoms with Crippen molar-refractivity contribution in [1.82, 2.24) is 10.3 Å². The third-order valence-electron chi connectivity index (χ3n) is 3.76. The van der Waals surface area contributed by atoms with Crippen LogP contribution in [0, 0.1) is 17.1 Å². The molecule has 2 aromatic heterocycles. The van der Waals surface area contributed by atoms with Crippen LogP contribution in [0.25, 0.3) is 28.2 Å². The highest BCUT2D eigenvalue weighted by Crippen LogP contribution is 2.33. The minimum absolute atomic E-state index is 0.0287. The standard InChI is InChI=1S/C18H8FN3O2S2/c19-14-4-9(1-2-10(14)6-20)13-8-21-7-11-3-12(24-16(11)13)5-15-17(23)22-18(25)26-15/h1-5,7-8H,(H,22,23,25). The molecule has 5 nitrogen and oxygen atoms in total. The molecule has 3 aromatic rings. The van der Waals surface area contributed by atoms with E-state index in [1.807, 2.05) is 0 Å². The molecule has 0 saturated carbocycles. The number of amides is 1. The van der Waals surface area contributed by atoms with Gasteiger partial charge in [-0.3, -0.25) is 9.78 Å². The van der Waals surface area contributed by atoms with Crippen LogP contribution >= 0.6 is 24.0 Å². The number of nitrogens with one attached hydrogen (secondary N) is 1. The number of furan rings is 1. The number of aromatic nitrogens is 1. The monoisotopic (exact) mass is 381 g/mol. The molecule has 26 heavy (non-hydrogen) atoms. The minimum Gasteiger partial charge on any atom is -0.456 e. The van der Waals surface area contributed by atoms with Crippen LogP contribution in [0.5, 0.6) is 0 Å². The van der Waals surface area contributed by atoms with E-state index < -0.39 is 5.82 Å². The molecule has 0 unspecified atom stereocenters. The largest absolute Gasteiger partial charge is 0.456 e. The number of pyridine rings is 1. The average Bonchev–Trinajstić information content (AvgIpc) is 3.16. The van der Waals surface area contributed by atoms with Crippen LogP contribution in [-0.4, -0.2) is 15.2 Å². The fourth-order valence-electron chi connectivity index (χ4n) is 2.58. The van der Waals surface area contributed by atoms with Crippen LogP contribution < -0.4 is 5.32 Å². The number of fused-ring (bicyclic) bond motifs is 1. The predicted octanol–water partition coefficient (Wildman–Crippen LogP) is 3.99. The summed E-state index contributed by atoms with van der Waals surface area (Å²) < 4.78 is 20.2. The number of thioether (sulfide) groups is 1. The highest BCUT2D eigenvalue weighted by atomic mass is 32.2. The van der Waals surface area contributed by atoms with E-state index in [9.17, 15) is 9.18 Å². The van der Waals surface area contributed by atoms with Crippen molar-refractivity contribution < 1.29 is 13.6 Å².